The summed E-state index contributed by atoms with van der Waals surface area (Å²) in [6.45, 7) is 2.45. The number of thiazole rings is 1. The maximum absolute atomic E-state index is 11.7. The van der Waals surface area contributed by atoms with Crippen LogP contribution in [0.2, 0.25) is 5.02 Å². The minimum absolute atomic E-state index is 0.0380. The fourth-order valence-corrected chi connectivity index (χ4v) is 2.82. The van der Waals surface area contributed by atoms with Crippen LogP contribution >= 0.6 is 34.5 Å². The van der Waals surface area contributed by atoms with Crippen molar-refractivity contribution >= 4 is 45.6 Å². The van der Waals surface area contributed by atoms with E-state index in [1.165, 1.54) is 11.3 Å². The molecular weight excluding hydrogens is 303 g/mol. The maximum Gasteiger partial charge on any atom is 0.243 e. The van der Waals surface area contributed by atoms with Crippen molar-refractivity contribution in [2.45, 2.75) is 6.92 Å². The Labute approximate surface area is 125 Å². The van der Waals surface area contributed by atoms with Gasteiger partial charge in [-0.1, -0.05) is 23.7 Å². The number of benzene rings is 1. The van der Waals surface area contributed by atoms with Gasteiger partial charge in [-0.25, -0.2) is 4.98 Å². The molecule has 0 saturated heterocycles. The molecule has 0 aliphatic heterocycles. The van der Waals surface area contributed by atoms with E-state index in [-0.39, 0.29) is 11.8 Å². The van der Waals surface area contributed by atoms with Crippen molar-refractivity contribution in [3.8, 4) is 11.3 Å². The smallest absolute Gasteiger partial charge is 0.243 e. The van der Waals surface area contributed by atoms with E-state index in [0.717, 1.165) is 11.3 Å². The molecule has 6 heteroatoms. The summed E-state index contributed by atoms with van der Waals surface area (Å²) in [6.07, 6.45) is 0. The second-order valence-corrected chi connectivity index (χ2v) is 5.33. The Bertz CT molecular complexity index is 568. The number of anilines is 1. The predicted octanol–water partition coefficient (Wildman–Crippen LogP) is 4.06. The minimum Gasteiger partial charge on any atom is -0.287 e. The normalized spacial score (nSPS) is 10.5. The molecule has 3 nitrogen and oxygen atoms in total. The van der Waals surface area contributed by atoms with Crippen LogP contribution in [0.4, 0.5) is 5.13 Å². The van der Waals surface area contributed by atoms with Crippen LogP contribution in [0.5, 0.6) is 0 Å². The van der Waals surface area contributed by atoms with Crippen molar-refractivity contribution in [2.24, 2.45) is 0 Å². The standard InChI is InChI=1S/C13H12Cl2N2OS/c1-2-17(12(18)7-14)13-16-11(8-19-13)9-3-5-10(15)6-4-9/h3-6,8H,2,7H2,1H3. The summed E-state index contributed by atoms with van der Waals surface area (Å²) in [4.78, 5) is 17.7. The van der Waals surface area contributed by atoms with Crippen molar-refractivity contribution in [1.29, 1.82) is 0 Å². The monoisotopic (exact) mass is 314 g/mol. The van der Waals surface area contributed by atoms with E-state index in [1.807, 2.05) is 36.6 Å². The van der Waals surface area contributed by atoms with Gasteiger partial charge in [0.25, 0.3) is 0 Å². The molecule has 0 atom stereocenters. The van der Waals surface area contributed by atoms with Crippen LogP contribution in [0, 0.1) is 0 Å². The zero-order valence-electron chi connectivity index (χ0n) is 10.3. The van der Waals surface area contributed by atoms with Gasteiger partial charge in [-0.3, -0.25) is 9.69 Å². The van der Waals surface area contributed by atoms with E-state index in [2.05, 4.69) is 4.98 Å². The number of carbonyl (C=O) groups excluding carboxylic acids is 1. The number of rotatable bonds is 4. The Morgan fingerprint density at radius 2 is 2.05 bits per heavy atom. The lowest BCUT2D eigenvalue weighted by Crippen LogP contribution is -2.31. The first-order valence-electron chi connectivity index (χ1n) is 5.73. The van der Waals surface area contributed by atoms with E-state index in [9.17, 15) is 4.79 Å². The number of aromatic nitrogens is 1. The zero-order chi connectivity index (χ0) is 13.8. The van der Waals surface area contributed by atoms with E-state index in [1.54, 1.807) is 4.90 Å². The van der Waals surface area contributed by atoms with Crippen LogP contribution in [-0.2, 0) is 4.79 Å². The molecule has 2 rings (SSSR count). The van der Waals surface area contributed by atoms with Crippen molar-refractivity contribution in [1.82, 2.24) is 4.98 Å². The first-order chi connectivity index (χ1) is 9.15. The molecule has 0 aliphatic carbocycles. The average molecular weight is 315 g/mol. The van der Waals surface area contributed by atoms with Crippen LogP contribution in [0.15, 0.2) is 29.6 Å². The summed E-state index contributed by atoms with van der Waals surface area (Å²) in [5.74, 6) is -0.176. The van der Waals surface area contributed by atoms with Gasteiger partial charge in [-0.2, -0.15) is 0 Å². The highest BCUT2D eigenvalue weighted by molar-refractivity contribution is 7.14. The Hall–Kier alpha value is -1.10. The fourth-order valence-electron chi connectivity index (χ4n) is 1.63. The van der Waals surface area contributed by atoms with E-state index in [0.29, 0.717) is 16.7 Å². The lowest BCUT2D eigenvalue weighted by molar-refractivity contribution is -0.116. The molecule has 1 aromatic carbocycles. The zero-order valence-corrected chi connectivity index (χ0v) is 12.6. The summed E-state index contributed by atoms with van der Waals surface area (Å²) < 4.78 is 0. The Kier molecular flexibility index (Phi) is 4.80. The SMILES string of the molecule is CCN(C(=O)CCl)c1nc(-c2ccc(Cl)cc2)cs1. The van der Waals surface area contributed by atoms with Crippen LogP contribution in [0.3, 0.4) is 0 Å². The molecule has 0 fully saturated rings. The van der Waals surface area contributed by atoms with Gasteiger partial charge in [0.2, 0.25) is 5.91 Å². The first-order valence-corrected chi connectivity index (χ1v) is 7.52. The van der Waals surface area contributed by atoms with Gasteiger partial charge in [0.1, 0.15) is 5.88 Å². The van der Waals surface area contributed by atoms with Crippen LogP contribution in [0.1, 0.15) is 6.92 Å². The molecule has 0 bridgehead atoms. The number of halogens is 2. The van der Waals surface area contributed by atoms with Gasteiger partial charge in [0.15, 0.2) is 5.13 Å². The lowest BCUT2D eigenvalue weighted by Gasteiger charge is -2.15. The molecule has 19 heavy (non-hydrogen) atoms. The number of hydrogen-bond donors (Lipinski definition) is 0. The molecule has 0 aliphatic rings. The summed E-state index contributed by atoms with van der Waals surface area (Å²) in [6, 6.07) is 7.44. The minimum atomic E-state index is -0.138. The number of carbonyl (C=O) groups is 1. The van der Waals surface area contributed by atoms with Crippen molar-refractivity contribution in [3.63, 3.8) is 0 Å². The van der Waals surface area contributed by atoms with E-state index >= 15 is 0 Å². The molecule has 0 radical (unpaired) electrons. The topological polar surface area (TPSA) is 33.2 Å². The van der Waals surface area contributed by atoms with E-state index < -0.39 is 0 Å². The second kappa shape index (κ2) is 6.37. The Balaban J connectivity index is 2.27. The maximum atomic E-state index is 11.7. The quantitative estimate of drug-likeness (QED) is 0.797. The number of amides is 1. The van der Waals surface area contributed by atoms with Gasteiger partial charge in [-0.05, 0) is 19.1 Å². The summed E-state index contributed by atoms with van der Waals surface area (Å²) in [5.41, 5.74) is 1.80. The molecule has 1 aromatic heterocycles. The van der Waals surface area contributed by atoms with Crippen molar-refractivity contribution in [2.75, 3.05) is 17.3 Å². The molecule has 2 aromatic rings. The van der Waals surface area contributed by atoms with Gasteiger partial charge in [0, 0.05) is 22.5 Å². The summed E-state index contributed by atoms with van der Waals surface area (Å²) >= 11 is 12.9. The second-order valence-electron chi connectivity index (χ2n) is 3.79. The fraction of sp³-hybridized carbons (Fsp3) is 0.231. The number of nitrogens with zero attached hydrogens (tertiary/aromatic N) is 2. The Morgan fingerprint density at radius 3 is 2.63 bits per heavy atom. The van der Waals surface area contributed by atoms with Gasteiger partial charge < -0.3 is 0 Å². The summed E-state index contributed by atoms with van der Waals surface area (Å²) in [5, 5.41) is 3.27. The van der Waals surface area contributed by atoms with Crippen LogP contribution in [-0.4, -0.2) is 23.3 Å². The van der Waals surface area contributed by atoms with E-state index in [4.69, 9.17) is 23.2 Å². The third-order valence-corrected chi connectivity index (χ3v) is 3.94. The molecule has 0 saturated carbocycles. The number of hydrogen-bond acceptors (Lipinski definition) is 3. The molecular formula is C13H12Cl2N2OS. The van der Waals surface area contributed by atoms with Crippen LogP contribution < -0.4 is 4.90 Å². The third kappa shape index (κ3) is 3.26. The van der Waals surface area contributed by atoms with Crippen LogP contribution in [0.25, 0.3) is 11.3 Å². The summed E-state index contributed by atoms with van der Waals surface area (Å²) in [7, 11) is 0. The lowest BCUT2D eigenvalue weighted by atomic mass is 10.2. The molecule has 0 spiro atoms. The van der Waals surface area contributed by atoms with Gasteiger partial charge >= 0.3 is 0 Å². The highest BCUT2D eigenvalue weighted by atomic mass is 35.5. The van der Waals surface area contributed by atoms with Crippen molar-refractivity contribution < 1.29 is 4.79 Å². The predicted molar refractivity (Wildman–Crippen MR) is 81.3 cm³/mol. The highest BCUT2D eigenvalue weighted by Gasteiger charge is 2.16. The molecule has 100 valence electrons. The molecule has 1 heterocycles. The van der Waals surface area contributed by atoms with Crippen molar-refractivity contribution in [3.05, 3.63) is 34.7 Å². The molecule has 0 unspecified atom stereocenters. The molecule has 1 amide bonds. The largest absolute Gasteiger partial charge is 0.287 e. The van der Waals surface area contributed by atoms with Gasteiger partial charge in [-0.15, -0.1) is 22.9 Å². The first kappa shape index (κ1) is 14.3. The average Bonchev–Trinajstić information content (AvgIpc) is 2.89. The number of alkyl halides is 1. The van der Waals surface area contributed by atoms with Gasteiger partial charge in [0.05, 0.1) is 5.69 Å². The highest BCUT2D eigenvalue weighted by Crippen LogP contribution is 2.28. The Morgan fingerprint density at radius 1 is 1.37 bits per heavy atom. The third-order valence-electron chi connectivity index (χ3n) is 2.59. The molecule has 0 N–H and O–H groups in total.